The van der Waals surface area contributed by atoms with Gasteiger partial charge in [-0.05, 0) is 30.3 Å². The van der Waals surface area contributed by atoms with E-state index in [-0.39, 0.29) is 5.91 Å². The van der Waals surface area contributed by atoms with Crippen molar-refractivity contribution in [3.8, 4) is 5.75 Å². The molecule has 1 N–H and O–H groups in total. The van der Waals surface area contributed by atoms with Crippen LogP contribution >= 0.6 is 0 Å². The van der Waals surface area contributed by atoms with E-state index in [4.69, 9.17) is 14.5 Å². The summed E-state index contributed by atoms with van der Waals surface area (Å²) in [6, 6.07) is 13.0. The van der Waals surface area contributed by atoms with Crippen molar-refractivity contribution in [1.29, 1.82) is 0 Å². The third-order valence-corrected chi connectivity index (χ3v) is 5.24. The Balaban J connectivity index is 1.77. The molecule has 0 unspecified atom stereocenters. The number of amides is 1. The fourth-order valence-corrected chi connectivity index (χ4v) is 3.48. The van der Waals surface area contributed by atoms with E-state index in [1.807, 2.05) is 54.4 Å². The van der Waals surface area contributed by atoms with Gasteiger partial charge in [-0.2, -0.15) is 4.98 Å². The Hall–Kier alpha value is -4.07. The summed E-state index contributed by atoms with van der Waals surface area (Å²) in [7, 11) is 6.76. The number of para-hydroxylation sites is 1. The van der Waals surface area contributed by atoms with Crippen molar-refractivity contribution in [2.75, 3.05) is 43.4 Å². The van der Waals surface area contributed by atoms with Crippen molar-refractivity contribution in [3.63, 3.8) is 0 Å². The number of carbonyl (C=O) groups excluding carboxylic acids is 1. The Kier molecular flexibility index (Phi) is 5.21. The van der Waals surface area contributed by atoms with E-state index >= 15 is 0 Å². The molecule has 0 radical (unpaired) electrons. The first kappa shape index (κ1) is 20.2. The minimum atomic E-state index is -0.113. The molecule has 0 saturated carbocycles. The molecule has 0 aliphatic carbocycles. The molecular weight excluding hydrogens is 394 g/mol. The lowest BCUT2D eigenvalue weighted by molar-refractivity contribution is 0.0994. The number of rotatable bonds is 5. The third-order valence-electron chi connectivity index (χ3n) is 5.24. The van der Waals surface area contributed by atoms with Crippen LogP contribution in [0.5, 0.6) is 5.75 Å². The van der Waals surface area contributed by atoms with Gasteiger partial charge in [0.2, 0.25) is 5.95 Å². The van der Waals surface area contributed by atoms with Gasteiger partial charge in [0.25, 0.3) is 5.91 Å². The number of ether oxygens (including phenoxy) is 2. The Bertz CT molecular complexity index is 1180. The highest BCUT2D eigenvalue weighted by molar-refractivity contribution is 6.13. The molecule has 3 aromatic rings. The van der Waals surface area contributed by atoms with Crippen LogP contribution in [0, 0.1) is 0 Å². The van der Waals surface area contributed by atoms with Crippen LogP contribution < -0.4 is 19.9 Å². The molecule has 31 heavy (non-hydrogen) atoms. The van der Waals surface area contributed by atoms with Gasteiger partial charge >= 0.3 is 0 Å². The number of nitrogens with one attached hydrogen (secondary N) is 1. The number of fused-ring (bicyclic) bond motifs is 2. The lowest BCUT2D eigenvalue weighted by Gasteiger charge is -2.21. The largest absolute Gasteiger partial charge is 0.497 e. The monoisotopic (exact) mass is 417 g/mol. The average molecular weight is 417 g/mol. The number of aromatic nitrogens is 2. The number of nitrogens with zero attached hydrogens (tertiary/aromatic N) is 4. The van der Waals surface area contributed by atoms with Crippen LogP contribution in [0.15, 0.2) is 55.2 Å². The number of carbonyl (C=O) groups is 1. The standard InChI is InChI=1S/C23H23N5O3/c1-14(30-4)15-10-11-20(31-5)17(12-15)25-23-24-13-19-21(26-23)27(2)18-9-7-6-8-16(18)22(29)28(19)3/h6-13H,1H2,2-5H3,(H,24,25,26). The molecule has 2 heterocycles. The zero-order valence-electron chi connectivity index (χ0n) is 17.8. The molecule has 0 saturated heterocycles. The van der Waals surface area contributed by atoms with E-state index in [0.717, 1.165) is 11.3 Å². The van der Waals surface area contributed by atoms with E-state index in [2.05, 4.69) is 16.9 Å². The first-order valence-electron chi connectivity index (χ1n) is 9.60. The van der Waals surface area contributed by atoms with Crippen LogP contribution in [-0.2, 0) is 4.74 Å². The molecule has 0 bridgehead atoms. The number of methoxy groups -OCH3 is 2. The first-order valence-corrected chi connectivity index (χ1v) is 9.60. The molecule has 158 valence electrons. The predicted octanol–water partition coefficient (Wildman–Crippen LogP) is 4.20. The van der Waals surface area contributed by atoms with Gasteiger partial charge in [0.15, 0.2) is 5.82 Å². The van der Waals surface area contributed by atoms with Gasteiger partial charge in [-0.3, -0.25) is 4.79 Å². The maximum absolute atomic E-state index is 12.9. The molecule has 1 aromatic heterocycles. The quantitative estimate of drug-likeness (QED) is 0.623. The summed E-state index contributed by atoms with van der Waals surface area (Å²) >= 11 is 0. The SMILES string of the molecule is C=C(OC)c1ccc(OC)c(Nc2ncc3c(n2)N(C)c2ccccc2C(=O)N3C)c1. The topological polar surface area (TPSA) is 79.8 Å². The Labute approximate surface area is 180 Å². The summed E-state index contributed by atoms with van der Waals surface area (Å²) in [4.78, 5) is 25.5. The maximum Gasteiger partial charge on any atom is 0.260 e. The van der Waals surface area contributed by atoms with Gasteiger partial charge in [0.05, 0.1) is 37.4 Å². The van der Waals surface area contributed by atoms with Crippen LogP contribution in [0.1, 0.15) is 15.9 Å². The molecule has 0 fully saturated rings. The van der Waals surface area contributed by atoms with Crippen molar-refractivity contribution in [2.24, 2.45) is 0 Å². The van der Waals surface area contributed by atoms with E-state index in [1.54, 1.807) is 32.4 Å². The highest BCUT2D eigenvalue weighted by Gasteiger charge is 2.28. The molecule has 8 heteroatoms. The van der Waals surface area contributed by atoms with E-state index < -0.39 is 0 Å². The molecular formula is C23H23N5O3. The fourth-order valence-electron chi connectivity index (χ4n) is 3.48. The van der Waals surface area contributed by atoms with Crippen LogP contribution in [0.3, 0.4) is 0 Å². The molecule has 2 aromatic carbocycles. The van der Waals surface area contributed by atoms with Gasteiger partial charge in [-0.1, -0.05) is 18.7 Å². The van der Waals surface area contributed by atoms with Crippen LogP contribution in [0.25, 0.3) is 5.76 Å². The Morgan fingerprint density at radius 1 is 1.06 bits per heavy atom. The Morgan fingerprint density at radius 3 is 2.58 bits per heavy atom. The summed E-state index contributed by atoms with van der Waals surface area (Å²) in [6.45, 7) is 3.90. The van der Waals surface area contributed by atoms with Crippen LogP contribution in [-0.4, -0.2) is 44.2 Å². The molecule has 0 spiro atoms. The fraction of sp³-hybridized carbons (Fsp3) is 0.174. The molecule has 4 rings (SSSR count). The van der Waals surface area contributed by atoms with E-state index in [9.17, 15) is 4.79 Å². The van der Waals surface area contributed by atoms with Gasteiger partial charge in [0.1, 0.15) is 17.2 Å². The van der Waals surface area contributed by atoms with Gasteiger partial charge in [-0.25, -0.2) is 4.98 Å². The second-order valence-corrected chi connectivity index (χ2v) is 7.01. The third kappa shape index (κ3) is 3.52. The zero-order valence-corrected chi connectivity index (χ0v) is 17.8. The molecule has 8 nitrogen and oxygen atoms in total. The van der Waals surface area contributed by atoms with Gasteiger partial charge in [0, 0.05) is 19.7 Å². The molecule has 1 aliphatic heterocycles. The number of hydrogen-bond donors (Lipinski definition) is 1. The van der Waals surface area contributed by atoms with E-state index in [0.29, 0.717) is 40.2 Å². The second-order valence-electron chi connectivity index (χ2n) is 7.01. The van der Waals surface area contributed by atoms with Crippen molar-refractivity contribution < 1.29 is 14.3 Å². The predicted molar refractivity (Wildman–Crippen MR) is 122 cm³/mol. The lowest BCUT2D eigenvalue weighted by atomic mass is 10.1. The highest BCUT2D eigenvalue weighted by Crippen LogP contribution is 2.38. The normalized spacial score (nSPS) is 12.6. The van der Waals surface area contributed by atoms with E-state index in [1.165, 1.54) is 0 Å². The number of anilines is 5. The molecule has 1 aliphatic rings. The molecule has 0 atom stereocenters. The first-order chi connectivity index (χ1) is 14.9. The van der Waals surface area contributed by atoms with Crippen molar-refractivity contribution >= 4 is 40.5 Å². The van der Waals surface area contributed by atoms with Gasteiger partial charge in [-0.15, -0.1) is 0 Å². The van der Waals surface area contributed by atoms with Gasteiger partial charge < -0.3 is 24.6 Å². The summed E-state index contributed by atoms with van der Waals surface area (Å²) < 4.78 is 10.7. The molecule has 1 amide bonds. The number of benzene rings is 2. The zero-order chi connectivity index (χ0) is 22.1. The number of hydrogen-bond acceptors (Lipinski definition) is 7. The lowest BCUT2D eigenvalue weighted by Crippen LogP contribution is -2.25. The van der Waals surface area contributed by atoms with Crippen molar-refractivity contribution in [3.05, 3.63) is 66.4 Å². The smallest absolute Gasteiger partial charge is 0.260 e. The van der Waals surface area contributed by atoms with Crippen LogP contribution in [0.4, 0.5) is 28.8 Å². The summed E-state index contributed by atoms with van der Waals surface area (Å²) in [5, 5.41) is 3.21. The Morgan fingerprint density at radius 2 is 1.84 bits per heavy atom. The summed E-state index contributed by atoms with van der Waals surface area (Å²) in [5.41, 5.74) is 3.46. The van der Waals surface area contributed by atoms with Crippen molar-refractivity contribution in [2.45, 2.75) is 0 Å². The summed E-state index contributed by atoms with van der Waals surface area (Å²) in [5.74, 6) is 2.01. The van der Waals surface area contributed by atoms with Crippen molar-refractivity contribution in [1.82, 2.24) is 9.97 Å². The highest BCUT2D eigenvalue weighted by atomic mass is 16.5. The van der Waals surface area contributed by atoms with Crippen LogP contribution in [0.2, 0.25) is 0 Å². The minimum Gasteiger partial charge on any atom is -0.497 e. The minimum absolute atomic E-state index is 0.113. The second kappa shape index (κ2) is 7.98. The average Bonchev–Trinajstić information content (AvgIpc) is 2.88. The summed E-state index contributed by atoms with van der Waals surface area (Å²) in [6.07, 6.45) is 1.63. The maximum atomic E-state index is 12.9.